The molecule has 2 saturated carbocycles. The van der Waals surface area contributed by atoms with Crippen LogP contribution >= 0.6 is 0 Å². The average molecular weight is 211 g/mol. The molecule has 0 spiro atoms. The number of hydrogen-bond donors (Lipinski definition) is 1. The molecule has 2 fully saturated rings. The lowest BCUT2D eigenvalue weighted by atomic mass is 9.88. The highest BCUT2D eigenvalue weighted by Crippen LogP contribution is 2.27. The third kappa shape index (κ3) is 3.46. The predicted octanol–water partition coefficient (Wildman–Crippen LogP) is 2.72. The van der Waals surface area contributed by atoms with E-state index in [1.807, 2.05) is 0 Å². The summed E-state index contributed by atoms with van der Waals surface area (Å²) in [6, 6.07) is 0.742. The van der Waals surface area contributed by atoms with Crippen LogP contribution in [0.3, 0.4) is 0 Å². The van der Waals surface area contributed by atoms with E-state index in [1.54, 1.807) is 0 Å². The molecule has 0 radical (unpaired) electrons. The highest BCUT2D eigenvalue weighted by Gasteiger charge is 2.29. The minimum atomic E-state index is 0.566. The summed E-state index contributed by atoms with van der Waals surface area (Å²) in [6.45, 7) is 4.31. The van der Waals surface area contributed by atoms with Crippen LogP contribution < -0.4 is 5.32 Å². The first-order valence-electron chi connectivity index (χ1n) is 6.73. The van der Waals surface area contributed by atoms with Gasteiger partial charge in [-0.25, -0.2) is 0 Å². The van der Waals surface area contributed by atoms with Gasteiger partial charge >= 0.3 is 0 Å². The van der Waals surface area contributed by atoms with Crippen LogP contribution in [0.2, 0.25) is 0 Å². The zero-order chi connectivity index (χ0) is 10.5. The second kappa shape index (κ2) is 5.86. The van der Waals surface area contributed by atoms with Crippen molar-refractivity contribution in [2.24, 2.45) is 5.92 Å². The minimum absolute atomic E-state index is 0.566. The maximum absolute atomic E-state index is 5.95. The molecule has 15 heavy (non-hydrogen) atoms. The fourth-order valence-electron chi connectivity index (χ4n) is 2.78. The topological polar surface area (TPSA) is 21.3 Å². The van der Waals surface area contributed by atoms with Crippen LogP contribution in [-0.2, 0) is 4.74 Å². The van der Waals surface area contributed by atoms with Gasteiger partial charge in [0, 0.05) is 12.6 Å². The van der Waals surface area contributed by atoms with Gasteiger partial charge in [0.2, 0.25) is 0 Å². The van der Waals surface area contributed by atoms with E-state index in [4.69, 9.17) is 4.74 Å². The van der Waals surface area contributed by atoms with Crippen LogP contribution in [0.1, 0.15) is 51.9 Å². The molecule has 0 atom stereocenters. The first-order chi connectivity index (χ1) is 7.38. The molecule has 0 amide bonds. The number of ether oxygens (including phenoxy) is 1. The fourth-order valence-corrected chi connectivity index (χ4v) is 2.78. The first kappa shape index (κ1) is 11.4. The summed E-state index contributed by atoms with van der Waals surface area (Å²) >= 11 is 0. The highest BCUT2D eigenvalue weighted by molar-refractivity contribution is 4.85. The molecule has 0 aromatic carbocycles. The van der Waals surface area contributed by atoms with Gasteiger partial charge in [-0.05, 0) is 38.1 Å². The zero-order valence-corrected chi connectivity index (χ0v) is 10.0. The van der Waals surface area contributed by atoms with Crippen molar-refractivity contribution in [3.05, 3.63) is 0 Å². The molecule has 88 valence electrons. The highest BCUT2D eigenvalue weighted by atomic mass is 16.5. The summed E-state index contributed by atoms with van der Waals surface area (Å²) in [5, 5.41) is 3.47. The van der Waals surface area contributed by atoms with Crippen molar-refractivity contribution in [1.29, 1.82) is 0 Å². The summed E-state index contributed by atoms with van der Waals surface area (Å²) in [7, 11) is 0. The monoisotopic (exact) mass is 211 g/mol. The van der Waals surface area contributed by atoms with Crippen LogP contribution in [0.4, 0.5) is 0 Å². The van der Waals surface area contributed by atoms with Gasteiger partial charge in [-0.3, -0.25) is 0 Å². The predicted molar refractivity (Wildman–Crippen MR) is 63.0 cm³/mol. The van der Waals surface area contributed by atoms with Gasteiger partial charge in [-0.15, -0.1) is 0 Å². The fraction of sp³-hybridized carbons (Fsp3) is 1.00. The summed E-state index contributed by atoms with van der Waals surface area (Å²) in [4.78, 5) is 0. The van der Waals surface area contributed by atoms with E-state index in [0.29, 0.717) is 6.10 Å². The van der Waals surface area contributed by atoms with E-state index in [9.17, 15) is 0 Å². The van der Waals surface area contributed by atoms with Crippen molar-refractivity contribution < 1.29 is 4.74 Å². The Hall–Kier alpha value is -0.0800. The summed E-state index contributed by atoms with van der Waals surface area (Å²) in [6.07, 6.45) is 10.2. The maximum atomic E-state index is 5.95. The van der Waals surface area contributed by atoms with Gasteiger partial charge in [0.15, 0.2) is 0 Å². The van der Waals surface area contributed by atoms with Crippen LogP contribution in [-0.4, -0.2) is 25.3 Å². The Morgan fingerprint density at radius 1 is 1.13 bits per heavy atom. The number of nitrogens with one attached hydrogen (secondary N) is 1. The second-order valence-corrected chi connectivity index (χ2v) is 5.19. The second-order valence-electron chi connectivity index (χ2n) is 5.19. The van der Waals surface area contributed by atoms with E-state index in [-0.39, 0.29) is 0 Å². The minimum Gasteiger partial charge on any atom is -0.378 e. The van der Waals surface area contributed by atoms with Gasteiger partial charge in [0.05, 0.1) is 6.10 Å². The van der Waals surface area contributed by atoms with E-state index >= 15 is 0 Å². The zero-order valence-electron chi connectivity index (χ0n) is 10.0. The standard InChI is InChI=1S/C13H25NO/c1-2-14-12-8-13(9-12)15-10-11-6-4-3-5-7-11/h11-14H,2-10H2,1H3. The summed E-state index contributed by atoms with van der Waals surface area (Å²) < 4.78 is 5.95. The van der Waals surface area contributed by atoms with Gasteiger partial charge in [0.25, 0.3) is 0 Å². The lowest BCUT2D eigenvalue weighted by molar-refractivity contribution is -0.0363. The molecule has 2 nitrogen and oxygen atoms in total. The van der Waals surface area contributed by atoms with Crippen LogP contribution in [0.25, 0.3) is 0 Å². The Labute approximate surface area is 93.8 Å². The Kier molecular flexibility index (Phi) is 4.45. The molecule has 0 aromatic rings. The summed E-state index contributed by atoms with van der Waals surface area (Å²) in [5.41, 5.74) is 0. The first-order valence-corrected chi connectivity index (χ1v) is 6.73. The van der Waals surface area contributed by atoms with Crippen LogP contribution in [0.15, 0.2) is 0 Å². The third-order valence-corrected chi connectivity index (χ3v) is 3.88. The summed E-state index contributed by atoms with van der Waals surface area (Å²) in [5.74, 6) is 0.872. The molecule has 1 N–H and O–H groups in total. The molecule has 2 aliphatic rings. The van der Waals surface area contributed by atoms with Crippen molar-refractivity contribution in [2.75, 3.05) is 13.2 Å². The van der Waals surface area contributed by atoms with Crippen molar-refractivity contribution >= 4 is 0 Å². The van der Waals surface area contributed by atoms with E-state index in [1.165, 1.54) is 44.9 Å². The lowest BCUT2D eigenvalue weighted by Gasteiger charge is -2.36. The molecule has 0 heterocycles. The van der Waals surface area contributed by atoms with Crippen LogP contribution in [0, 0.1) is 5.92 Å². The van der Waals surface area contributed by atoms with E-state index < -0.39 is 0 Å². The average Bonchev–Trinajstić information content (AvgIpc) is 2.23. The van der Waals surface area contributed by atoms with Crippen molar-refractivity contribution in [3.63, 3.8) is 0 Å². The van der Waals surface area contributed by atoms with Crippen molar-refractivity contribution in [2.45, 2.75) is 64.0 Å². The van der Waals surface area contributed by atoms with Crippen LogP contribution in [0.5, 0.6) is 0 Å². The quantitative estimate of drug-likeness (QED) is 0.755. The normalized spacial score (nSPS) is 32.6. The molecule has 2 rings (SSSR count). The Balaban J connectivity index is 1.52. The Morgan fingerprint density at radius 3 is 2.53 bits per heavy atom. The molecule has 2 aliphatic carbocycles. The van der Waals surface area contributed by atoms with Crippen molar-refractivity contribution in [1.82, 2.24) is 5.32 Å². The van der Waals surface area contributed by atoms with Gasteiger partial charge < -0.3 is 10.1 Å². The molecule has 0 aliphatic heterocycles. The molecular weight excluding hydrogens is 186 g/mol. The van der Waals surface area contributed by atoms with E-state index in [0.717, 1.165) is 25.1 Å². The SMILES string of the molecule is CCNC1CC(OCC2CCCCC2)C1. The molecule has 0 bridgehead atoms. The molecule has 0 aromatic heterocycles. The number of hydrogen-bond acceptors (Lipinski definition) is 2. The third-order valence-electron chi connectivity index (χ3n) is 3.88. The molecule has 0 saturated heterocycles. The smallest absolute Gasteiger partial charge is 0.0605 e. The molecule has 0 unspecified atom stereocenters. The van der Waals surface area contributed by atoms with Crippen molar-refractivity contribution in [3.8, 4) is 0 Å². The largest absolute Gasteiger partial charge is 0.378 e. The molecule has 2 heteroatoms. The lowest BCUT2D eigenvalue weighted by Crippen LogP contribution is -2.45. The van der Waals surface area contributed by atoms with Gasteiger partial charge in [-0.2, -0.15) is 0 Å². The molecular formula is C13H25NO. The maximum Gasteiger partial charge on any atom is 0.0605 e. The Bertz CT molecular complexity index is 171. The van der Waals surface area contributed by atoms with Gasteiger partial charge in [0.1, 0.15) is 0 Å². The Morgan fingerprint density at radius 2 is 1.87 bits per heavy atom. The van der Waals surface area contributed by atoms with E-state index in [2.05, 4.69) is 12.2 Å². The number of rotatable bonds is 5. The van der Waals surface area contributed by atoms with Gasteiger partial charge in [-0.1, -0.05) is 26.2 Å².